The zero-order valence-electron chi connectivity index (χ0n) is 10.9. The fraction of sp³-hybridized carbons (Fsp3) is 0.0714. The lowest BCUT2D eigenvalue weighted by molar-refractivity contribution is 0.102. The number of nitrogen functional groups attached to an aromatic ring is 1. The van der Waals surface area contributed by atoms with Gasteiger partial charge in [0.25, 0.3) is 5.91 Å². The lowest BCUT2D eigenvalue weighted by Gasteiger charge is -2.12. The highest BCUT2D eigenvalue weighted by Gasteiger charge is 2.16. The molecule has 2 aromatic rings. The molecular weight excluding hydrogens is 335 g/mol. The first-order valence-electron chi connectivity index (χ1n) is 5.81. The lowest BCUT2D eigenvalue weighted by Crippen LogP contribution is -2.14. The molecule has 110 valence electrons. The van der Waals surface area contributed by atoms with Crippen molar-refractivity contribution in [2.24, 2.45) is 0 Å². The molecule has 7 heteroatoms. The maximum Gasteiger partial charge on any atom is 0.259 e. The molecule has 0 atom stereocenters. The minimum absolute atomic E-state index is 0.240. The van der Waals surface area contributed by atoms with Crippen LogP contribution in [0.25, 0.3) is 0 Å². The molecule has 21 heavy (non-hydrogen) atoms. The molecule has 0 heterocycles. The van der Waals surface area contributed by atoms with Crippen LogP contribution in [-0.4, -0.2) is 13.0 Å². The number of rotatable bonds is 3. The van der Waals surface area contributed by atoms with Crippen molar-refractivity contribution in [3.8, 4) is 5.75 Å². The molecule has 0 bridgehead atoms. The van der Waals surface area contributed by atoms with E-state index in [1.165, 1.54) is 25.3 Å². The minimum Gasteiger partial charge on any atom is -0.496 e. The number of amides is 1. The number of nitrogens with two attached hydrogens (primary N) is 1. The van der Waals surface area contributed by atoms with E-state index in [1.807, 2.05) is 0 Å². The number of hydrogen-bond donors (Lipinski definition) is 2. The summed E-state index contributed by atoms with van der Waals surface area (Å²) in [5, 5.41) is 3.49. The van der Waals surface area contributed by atoms with E-state index in [4.69, 9.17) is 45.3 Å². The molecule has 1 amide bonds. The molecule has 2 aromatic carbocycles. The van der Waals surface area contributed by atoms with Crippen LogP contribution < -0.4 is 15.8 Å². The van der Waals surface area contributed by atoms with Crippen LogP contribution in [0.1, 0.15) is 10.4 Å². The first-order chi connectivity index (χ1) is 9.92. The van der Waals surface area contributed by atoms with Gasteiger partial charge in [-0.3, -0.25) is 4.79 Å². The minimum atomic E-state index is -0.440. The summed E-state index contributed by atoms with van der Waals surface area (Å²) < 4.78 is 5.14. The van der Waals surface area contributed by atoms with Crippen molar-refractivity contribution in [1.82, 2.24) is 0 Å². The summed E-state index contributed by atoms with van der Waals surface area (Å²) in [4.78, 5) is 12.3. The molecule has 0 radical (unpaired) electrons. The third kappa shape index (κ3) is 3.53. The van der Waals surface area contributed by atoms with E-state index in [9.17, 15) is 4.79 Å². The predicted molar refractivity (Wildman–Crippen MR) is 86.8 cm³/mol. The number of methoxy groups -OCH3 is 1. The highest BCUT2D eigenvalue weighted by Crippen LogP contribution is 2.34. The molecule has 0 aliphatic heterocycles. The number of carbonyl (C=O) groups excluding carboxylic acids is 1. The van der Waals surface area contributed by atoms with Crippen molar-refractivity contribution < 1.29 is 9.53 Å². The summed E-state index contributed by atoms with van der Waals surface area (Å²) in [6, 6.07) is 7.72. The van der Waals surface area contributed by atoms with Crippen molar-refractivity contribution in [3.05, 3.63) is 51.0 Å². The van der Waals surface area contributed by atoms with Crippen molar-refractivity contribution >= 4 is 52.1 Å². The van der Waals surface area contributed by atoms with Crippen molar-refractivity contribution in [1.29, 1.82) is 0 Å². The first kappa shape index (κ1) is 15.8. The fourth-order valence-corrected chi connectivity index (χ4v) is 2.66. The van der Waals surface area contributed by atoms with Gasteiger partial charge in [0.05, 0.1) is 28.4 Å². The van der Waals surface area contributed by atoms with Gasteiger partial charge in [-0.25, -0.2) is 0 Å². The average Bonchev–Trinajstić information content (AvgIpc) is 2.42. The van der Waals surface area contributed by atoms with Crippen LogP contribution in [0.2, 0.25) is 15.1 Å². The molecule has 0 aromatic heterocycles. The summed E-state index contributed by atoms with van der Waals surface area (Å²) in [5.74, 6) is -0.0480. The standard InChI is InChI=1S/C14H11Cl3N2O2/c1-21-12-3-2-8(18)6-9(12)14(20)19-13-10(16)4-7(15)5-11(13)17/h2-6H,18H2,1H3,(H,19,20). The zero-order valence-corrected chi connectivity index (χ0v) is 13.2. The maximum atomic E-state index is 12.3. The summed E-state index contributed by atoms with van der Waals surface area (Å²) >= 11 is 17.9. The van der Waals surface area contributed by atoms with Crippen LogP contribution in [-0.2, 0) is 0 Å². The zero-order chi connectivity index (χ0) is 15.6. The van der Waals surface area contributed by atoms with E-state index in [2.05, 4.69) is 5.32 Å². The number of anilines is 2. The molecule has 0 unspecified atom stereocenters. The SMILES string of the molecule is COc1ccc(N)cc1C(=O)Nc1c(Cl)cc(Cl)cc1Cl. The van der Waals surface area contributed by atoms with Crippen LogP contribution in [0.15, 0.2) is 30.3 Å². The number of hydrogen-bond acceptors (Lipinski definition) is 3. The van der Waals surface area contributed by atoms with Gasteiger partial charge in [0.1, 0.15) is 5.75 Å². The highest BCUT2D eigenvalue weighted by atomic mass is 35.5. The second-order valence-corrected chi connectivity index (χ2v) is 5.41. The molecule has 0 saturated heterocycles. The lowest BCUT2D eigenvalue weighted by atomic mass is 10.1. The molecule has 0 spiro atoms. The van der Waals surface area contributed by atoms with E-state index >= 15 is 0 Å². The van der Waals surface area contributed by atoms with Gasteiger partial charge in [-0.2, -0.15) is 0 Å². The van der Waals surface area contributed by atoms with Crippen molar-refractivity contribution in [2.75, 3.05) is 18.2 Å². The normalized spacial score (nSPS) is 10.3. The number of ether oxygens (including phenoxy) is 1. The van der Waals surface area contributed by atoms with Gasteiger partial charge < -0.3 is 15.8 Å². The van der Waals surface area contributed by atoms with E-state index in [1.54, 1.807) is 12.1 Å². The number of benzene rings is 2. The number of nitrogens with one attached hydrogen (secondary N) is 1. The van der Waals surface area contributed by atoms with E-state index < -0.39 is 5.91 Å². The van der Waals surface area contributed by atoms with Crippen LogP contribution >= 0.6 is 34.8 Å². The predicted octanol–water partition coefficient (Wildman–Crippen LogP) is 4.49. The van der Waals surface area contributed by atoms with E-state index in [-0.39, 0.29) is 21.3 Å². The second-order valence-electron chi connectivity index (χ2n) is 4.16. The molecule has 0 aliphatic carbocycles. The summed E-state index contributed by atoms with van der Waals surface area (Å²) in [5.41, 5.74) is 6.68. The highest BCUT2D eigenvalue weighted by molar-refractivity contribution is 6.42. The van der Waals surface area contributed by atoms with Gasteiger partial charge in [0.2, 0.25) is 0 Å². The maximum absolute atomic E-state index is 12.3. The van der Waals surface area contributed by atoms with Crippen molar-refractivity contribution in [3.63, 3.8) is 0 Å². The van der Waals surface area contributed by atoms with Gasteiger partial charge >= 0.3 is 0 Å². The van der Waals surface area contributed by atoms with Crippen LogP contribution in [0.4, 0.5) is 11.4 Å². The topological polar surface area (TPSA) is 64.3 Å². The first-order valence-corrected chi connectivity index (χ1v) is 6.95. The Morgan fingerprint density at radius 1 is 1.14 bits per heavy atom. The third-order valence-corrected chi connectivity index (χ3v) is 3.53. The Morgan fingerprint density at radius 3 is 2.33 bits per heavy atom. The monoisotopic (exact) mass is 344 g/mol. The molecule has 4 nitrogen and oxygen atoms in total. The van der Waals surface area contributed by atoms with Crippen LogP contribution in [0.3, 0.4) is 0 Å². The number of carbonyl (C=O) groups is 1. The average molecular weight is 346 g/mol. The van der Waals surface area contributed by atoms with Gasteiger partial charge in [-0.1, -0.05) is 34.8 Å². The largest absolute Gasteiger partial charge is 0.496 e. The Kier molecular flexibility index (Phi) is 4.83. The summed E-state index contributed by atoms with van der Waals surface area (Å²) in [6.07, 6.45) is 0. The molecule has 0 fully saturated rings. The second kappa shape index (κ2) is 6.43. The Bertz CT molecular complexity index is 682. The Hall–Kier alpha value is -1.62. The molecule has 2 rings (SSSR count). The van der Waals surface area contributed by atoms with Crippen LogP contribution in [0.5, 0.6) is 5.75 Å². The van der Waals surface area contributed by atoms with E-state index in [0.717, 1.165) is 0 Å². The molecule has 3 N–H and O–H groups in total. The smallest absolute Gasteiger partial charge is 0.259 e. The third-order valence-electron chi connectivity index (χ3n) is 2.71. The molecular formula is C14H11Cl3N2O2. The Balaban J connectivity index is 2.37. The number of halogens is 3. The quantitative estimate of drug-likeness (QED) is 0.806. The summed E-state index contributed by atoms with van der Waals surface area (Å²) in [6.45, 7) is 0. The Morgan fingerprint density at radius 2 is 1.76 bits per heavy atom. The van der Waals surface area contributed by atoms with Gasteiger partial charge in [0.15, 0.2) is 0 Å². The Labute approximate surface area is 136 Å². The van der Waals surface area contributed by atoms with Crippen molar-refractivity contribution in [2.45, 2.75) is 0 Å². The summed E-state index contributed by atoms with van der Waals surface area (Å²) in [7, 11) is 1.46. The fourth-order valence-electron chi connectivity index (χ4n) is 1.75. The van der Waals surface area contributed by atoms with Gasteiger partial charge in [-0.05, 0) is 30.3 Å². The van der Waals surface area contributed by atoms with Gasteiger partial charge in [-0.15, -0.1) is 0 Å². The molecule has 0 saturated carbocycles. The molecule has 0 aliphatic rings. The van der Waals surface area contributed by atoms with Gasteiger partial charge in [0, 0.05) is 10.7 Å². The van der Waals surface area contributed by atoms with E-state index in [0.29, 0.717) is 16.5 Å². The van der Waals surface area contributed by atoms with Crippen LogP contribution in [0, 0.1) is 0 Å².